The van der Waals surface area contributed by atoms with E-state index in [1.165, 1.54) is 17.4 Å². The Kier molecular flexibility index (Phi) is 6.37. The molecule has 2 aromatic carbocycles. The molecule has 2 amide bonds. The number of hydrazine groups is 1. The number of nitrogens with zero attached hydrogens (tertiary/aromatic N) is 4. The van der Waals surface area contributed by atoms with Crippen LogP contribution in [0.1, 0.15) is 6.92 Å². The average molecular weight is 492 g/mol. The molecule has 7 nitrogen and oxygen atoms in total. The van der Waals surface area contributed by atoms with Crippen molar-refractivity contribution in [2.24, 2.45) is 0 Å². The van der Waals surface area contributed by atoms with Gasteiger partial charge >= 0.3 is 0 Å². The van der Waals surface area contributed by atoms with Gasteiger partial charge in [0.25, 0.3) is 11.8 Å². The van der Waals surface area contributed by atoms with Crippen molar-refractivity contribution < 1.29 is 9.59 Å². The molecule has 0 spiro atoms. The summed E-state index contributed by atoms with van der Waals surface area (Å²) in [6, 6.07) is 17.8. The number of rotatable bonds is 5. The van der Waals surface area contributed by atoms with Crippen LogP contribution < -0.4 is 10.3 Å². The molecule has 0 bridgehead atoms. The number of amides is 2. The highest BCUT2D eigenvalue weighted by molar-refractivity contribution is 7.17. The van der Waals surface area contributed by atoms with Crippen LogP contribution >= 0.6 is 23.7 Å². The molecule has 0 saturated heterocycles. The highest BCUT2D eigenvalue weighted by atomic mass is 35.5. The van der Waals surface area contributed by atoms with Crippen molar-refractivity contribution in [1.82, 2.24) is 15.0 Å². The highest BCUT2D eigenvalue weighted by Crippen LogP contribution is 2.38. The number of nitrogens with one attached hydrogen (secondary N) is 1. The Labute approximate surface area is 207 Å². The second kappa shape index (κ2) is 9.24. The number of anilines is 2. The van der Waals surface area contributed by atoms with E-state index >= 15 is 0 Å². The third-order valence-corrected chi connectivity index (χ3v) is 6.35. The molecule has 5 rings (SSSR count). The lowest BCUT2D eigenvalue weighted by Gasteiger charge is -2.18. The molecule has 0 radical (unpaired) electrons. The minimum atomic E-state index is -0.419. The molecule has 4 aromatic rings. The Bertz CT molecular complexity index is 1410. The summed E-state index contributed by atoms with van der Waals surface area (Å²) in [6.07, 6.45) is 1.32. The number of carbonyl (C=O) groups is 2. The first-order valence-corrected chi connectivity index (χ1v) is 11.3. The first-order valence-electron chi connectivity index (χ1n) is 10.4. The molecule has 172 valence electrons. The van der Waals surface area contributed by atoms with Gasteiger partial charge in [0.1, 0.15) is 4.83 Å². The van der Waals surface area contributed by atoms with Gasteiger partial charge in [-0.15, -0.1) is 23.7 Å². The van der Waals surface area contributed by atoms with E-state index in [2.05, 4.69) is 5.43 Å². The summed E-state index contributed by atoms with van der Waals surface area (Å²) in [6.45, 7) is 1.62. The Hall–Kier alpha value is -3.75. The molecule has 0 unspecified atom stereocenters. The number of aromatic nitrogens is 2. The molecule has 1 N–H and O–H groups in total. The third-order valence-electron chi connectivity index (χ3n) is 5.48. The van der Waals surface area contributed by atoms with Crippen molar-refractivity contribution in [1.29, 1.82) is 0 Å². The van der Waals surface area contributed by atoms with E-state index in [0.29, 0.717) is 17.2 Å². The summed E-state index contributed by atoms with van der Waals surface area (Å²) in [4.78, 5) is 37.3. The van der Waals surface area contributed by atoms with Gasteiger partial charge < -0.3 is 4.90 Å². The van der Waals surface area contributed by atoms with Crippen LogP contribution in [-0.2, 0) is 9.59 Å². The number of fused-ring (bicyclic) bond motifs is 1. The number of benzene rings is 2. The topological polar surface area (TPSA) is 78.4 Å². The van der Waals surface area contributed by atoms with Gasteiger partial charge in [0.2, 0.25) is 0 Å². The lowest BCUT2D eigenvalue weighted by atomic mass is 10.1. The van der Waals surface area contributed by atoms with Crippen molar-refractivity contribution in [2.45, 2.75) is 6.92 Å². The zero-order valence-electron chi connectivity index (χ0n) is 18.8. The Balaban J connectivity index is 0.00000274. The molecule has 1 aliphatic heterocycles. The smallest absolute Gasteiger partial charge is 0.275 e. The van der Waals surface area contributed by atoms with E-state index in [0.717, 1.165) is 37.6 Å². The largest absolute Gasteiger partial charge is 0.378 e. The molecule has 0 atom stereocenters. The lowest BCUT2D eigenvalue weighted by molar-refractivity contribution is -0.135. The number of imide groups is 1. The van der Waals surface area contributed by atoms with Crippen molar-refractivity contribution in [3.8, 4) is 22.5 Å². The highest BCUT2D eigenvalue weighted by Gasteiger charge is 2.30. The summed E-state index contributed by atoms with van der Waals surface area (Å²) < 4.78 is 0. The predicted molar refractivity (Wildman–Crippen MR) is 139 cm³/mol. The van der Waals surface area contributed by atoms with E-state index in [1.807, 2.05) is 79.0 Å². The minimum absolute atomic E-state index is 0. The summed E-state index contributed by atoms with van der Waals surface area (Å²) in [5.74, 6) is 0.120. The van der Waals surface area contributed by atoms with Crippen molar-refractivity contribution in [3.05, 3.63) is 71.6 Å². The lowest BCUT2D eigenvalue weighted by Crippen LogP contribution is -2.36. The number of carbonyl (C=O) groups excluding carboxylic acids is 2. The SMILES string of the molecule is CC1=CC(=O)N(Nc2nc(-c3ccc(N(C)C)cc3)nc3scc(-c4ccccc4)c23)C1=O.Cl. The maximum atomic E-state index is 12.5. The van der Waals surface area contributed by atoms with Crippen LogP contribution in [0.25, 0.3) is 32.7 Å². The maximum Gasteiger partial charge on any atom is 0.275 e. The fourth-order valence-electron chi connectivity index (χ4n) is 3.69. The van der Waals surface area contributed by atoms with E-state index in [4.69, 9.17) is 9.97 Å². The molecule has 0 saturated carbocycles. The van der Waals surface area contributed by atoms with Crippen LogP contribution in [0, 0.1) is 0 Å². The van der Waals surface area contributed by atoms with E-state index in [9.17, 15) is 9.59 Å². The van der Waals surface area contributed by atoms with Gasteiger partial charge in [-0.2, -0.15) is 5.01 Å². The molecule has 1 aliphatic rings. The summed E-state index contributed by atoms with van der Waals surface area (Å²) >= 11 is 1.50. The fraction of sp³-hybridized carbons (Fsp3) is 0.120. The second-order valence-corrected chi connectivity index (χ2v) is 8.81. The maximum absolute atomic E-state index is 12.5. The van der Waals surface area contributed by atoms with E-state index in [-0.39, 0.29) is 18.3 Å². The summed E-state index contributed by atoms with van der Waals surface area (Å²) in [5, 5.41) is 3.79. The van der Waals surface area contributed by atoms with Gasteiger partial charge in [0.05, 0.1) is 5.39 Å². The first-order chi connectivity index (χ1) is 15.9. The van der Waals surface area contributed by atoms with Gasteiger partial charge in [-0.1, -0.05) is 30.3 Å². The molecule has 2 aromatic heterocycles. The molecule has 3 heterocycles. The monoisotopic (exact) mass is 491 g/mol. The van der Waals surface area contributed by atoms with Crippen LogP contribution in [0.4, 0.5) is 11.5 Å². The number of hydrogen-bond acceptors (Lipinski definition) is 7. The minimum Gasteiger partial charge on any atom is -0.378 e. The van der Waals surface area contributed by atoms with Gasteiger partial charge in [0.15, 0.2) is 11.6 Å². The van der Waals surface area contributed by atoms with Crippen LogP contribution in [-0.4, -0.2) is 40.9 Å². The third kappa shape index (κ3) is 4.13. The first kappa shape index (κ1) is 23.4. The predicted octanol–water partition coefficient (Wildman–Crippen LogP) is 5.16. The number of hydrogen-bond donors (Lipinski definition) is 1. The molecule has 0 aliphatic carbocycles. The van der Waals surface area contributed by atoms with Crippen LogP contribution in [0.3, 0.4) is 0 Å². The standard InChI is InChI=1S/C25H21N5O2S.ClH/c1-15-13-20(31)30(25(15)32)28-23-21-19(16-7-5-4-6-8-16)14-33-24(21)27-22(26-23)17-9-11-18(12-10-17)29(2)3;/h4-14H,1-3H3,(H,26,27,28);1H. The van der Waals surface area contributed by atoms with E-state index in [1.54, 1.807) is 6.92 Å². The Morgan fingerprint density at radius 1 is 0.941 bits per heavy atom. The van der Waals surface area contributed by atoms with Crippen LogP contribution in [0.15, 0.2) is 71.6 Å². The quantitative estimate of drug-likeness (QED) is 0.389. The average Bonchev–Trinajstić information content (AvgIpc) is 3.36. The van der Waals surface area contributed by atoms with Gasteiger partial charge in [-0.05, 0) is 36.8 Å². The van der Waals surface area contributed by atoms with Gasteiger partial charge in [-0.25, -0.2) is 9.97 Å². The number of halogens is 1. The van der Waals surface area contributed by atoms with Gasteiger partial charge in [0, 0.05) is 47.9 Å². The Morgan fingerprint density at radius 2 is 1.65 bits per heavy atom. The fourth-order valence-corrected chi connectivity index (χ4v) is 4.64. The second-order valence-electron chi connectivity index (χ2n) is 7.95. The van der Waals surface area contributed by atoms with Crippen molar-refractivity contribution in [3.63, 3.8) is 0 Å². The molecular weight excluding hydrogens is 470 g/mol. The normalized spacial score (nSPS) is 13.1. The number of thiophene rings is 1. The molecule has 34 heavy (non-hydrogen) atoms. The summed E-state index contributed by atoms with van der Waals surface area (Å²) in [5.41, 5.74) is 7.21. The molecule has 0 fully saturated rings. The zero-order valence-corrected chi connectivity index (χ0v) is 20.4. The van der Waals surface area contributed by atoms with Crippen molar-refractivity contribution in [2.75, 3.05) is 24.4 Å². The zero-order chi connectivity index (χ0) is 23.1. The summed E-state index contributed by atoms with van der Waals surface area (Å²) in [7, 11) is 3.97. The van der Waals surface area contributed by atoms with Crippen LogP contribution in [0.2, 0.25) is 0 Å². The molecule has 9 heteroatoms. The Morgan fingerprint density at radius 3 is 2.26 bits per heavy atom. The van der Waals surface area contributed by atoms with Crippen LogP contribution in [0.5, 0.6) is 0 Å². The van der Waals surface area contributed by atoms with E-state index < -0.39 is 5.91 Å². The van der Waals surface area contributed by atoms with Crippen molar-refractivity contribution >= 4 is 57.3 Å². The van der Waals surface area contributed by atoms with Gasteiger partial charge in [-0.3, -0.25) is 15.0 Å². The molecular formula is C25H22ClN5O2S.